The molecule has 0 unspecified atom stereocenters. The van der Waals surface area contributed by atoms with Crippen molar-refractivity contribution in [3.05, 3.63) is 40.6 Å². The van der Waals surface area contributed by atoms with E-state index in [0.29, 0.717) is 4.88 Å². The minimum atomic E-state index is -3.72. The van der Waals surface area contributed by atoms with E-state index in [1.54, 1.807) is 17.5 Å². The van der Waals surface area contributed by atoms with Gasteiger partial charge in [0.05, 0.1) is 0 Å². The summed E-state index contributed by atoms with van der Waals surface area (Å²) in [4.78, 5) is 23.7. The van der Waals surface area contributed by atoms with Crippen molar-refractivity contribution in [3.63, 3.8) is 0 Å². The van der Waals surface area contributed by atoms with Gasteiger partial charge >= 0.3 is 12.3 Å². The highest BCUT2D eigenvalue weighted by Gasteiger charge is 2.43. The summed E-state index contributed by atoms with van der Waals surface area (Å²) in [5, 5.41) is 4.11. The largest absolute Gasteiger partial charge is 0.586 e. The first kappa shape index (κ1) is 15.2. The minimum absolute atomic E-state index is 0.128. The molecular weight excluding hydrogens is 332 g/mol. The second-order valence-electron chi connectivity index (χ2n) is 4.43. The summed E-state index contributed by atoms with van der Waals surface area (Å²) >= 11 is 1.19. The fourth-order valence-corrected chi connectivity index (χ4v) is 2.44. The average Bonchev–Trinajstić information content (AvgIpc) is 3.10. The summed E-state index contributed by atoms with van der Waals surface area (Å²) in [5.74, 6) is -1.54. The molecule has 120 valence electrons. The summed E-state index contributed by atoms with van der Waals surface area (Å²) in [6.07, 6.45) is -3.72. The first-order valence-electron chi connectivity index (χ1n) is 6.33. The van der Waals surface area contributed by atoms with Gasteiger partial charge < -0.3 is 19.5 Å². The maximum atomic E-state index is 12.9. The molecule has 23 heavy (non-hydrogen) atoms. The van der Waals surface area contributed by atoms with Crippen LogP contribution in [-0.2, 0) is 9.53 Å². The summed E-state index contributed by atoms with van der Waals surface area (Å²) in [7, 11) is 0. The molecule has 0 aliphatic carbocycles. The van der Waals surface area contributed by atoms with Crippen molar-refractivity contribution in [1.29, 1.82) is 0 Å². The van der Waals surface area contributed by atoms with Crippen LogP contribution < -0.4 is 14.8 Å². The van der Waals surface area contributed by atoms with Crippen LogP contribution in [-0.4, -0.2) is 24.8 Å². The quantitative estimate of drug-likeness (QED) is 0.866. The van der Waals surface area contributed by atoms with E-state index in [0.717, 1.165) is 0 Å². The van der Waals surface area contributed by atoms with Crippen LogP contribution >= 0.6 is 11.3 Å². The van der Waals surface area contributed by atoms with Crippen molar-refractivity contribution >= 4 is 28.9 Å². The molecule has 0 saturated heterocycles. The van der Waals surface area contributed by atoms with Crippen LogP contribution in [0.2, 0.25) is 0 Å². The number of anilines is 1. The molecule has 9 heteroatoms. The van der Waals surface area contributed by atoms with E-state index in [1.165, 1.54) is 29.5 Å². The van der Waals surface area contributed by atoms with Gasteiger partial charge in [-0.15, -0.1) is 20.1 Å². The highest BCUT2D eigenvalue weighted by Crippen LogP contribution is 2.42. The van der Waals surface area contributed by atoms with Crippen molar-refractivity contribution in [2.24, 2.45) is 0 Å². The SMILES string of the molecule is O=C(COC(=O)c1cccs1)Nc1ccc2c(c1)OC(F)(F)O2. The number of thiophene rings is 1. The third kappa shape index (κ3) is 3.57. The summed E-state index contributed by atoms with van der Waals surface area (Å²) in [5.41, 5.74) is 0.210. The Bertz CT molecular complexity index is 748. The van der Waals surface area contributed by atoms with E-state index in [9.17, 15) is 18.4 Å². The number of amides is 1. The molecule has 3 rings (SSSR count). The molecule has 1 aromatic carbocycles. The Labute approximate surface area is 132 Å². The molecule has 1 N–H and O–H groups in total. The standard InChI is InChI=1S/C14H9F2NO5S/c15-14(16)21-9-4-3-8(6-10(9)22-14)17-12(18)7-20-13(19)11-2-1-5-23-11/h1-6H,7H2,(H,17,18). The molecule has 0 fully saturated rings. The van der Waals surface area contributed by atoms with Crippen LogP contribution in [0, 0.1) is 0 Å². The van der Waals surface area contributed by atoms with Crippen molar-refractivity contribution in [2.75, 3.05) is 11.9 Å². The maximum Gasteiger partial charge on any atom is 0.586 e. The number of alkyl halides is 2. The number of hydrogen-bond acceptors (Lipinski definition) is 6. The van der Waals surface area contributed by atoms with Gasteiger partial charge in [0.25, 0.3) is 5.91 Å². The molecule has 0 spiro atoms. The van der Waals surface area contributed by atoms with E-state index in [4.69, 9.17) is 4.74 Å². The smallest absolute Gasteiger partial charge is 0.451 e. The van der Waals surface area contributed by atoms with Gasteiger partial charge in [-0.05, 0) is 23.6 Å². The Morgan fingerprint density at radius 1 is 1.22 bits per heavy atom. The van der Waals surface area contributed by atoms with Gasteiger partial charge in [-0.3, -0.25) is 4.79 Å². The van der Waals surface area contributed by atoms with E-state index in [-0.39, 0.29) is 17.2 Å². The van der Waals surface area contributed by atoms with E-state index in [2.05, 4.69) is 14.8 Å². The predicted molar refractivity (Wildman–Crippen MR) is 75.9 cm³/mol. The van der Waals surface area contributed by atoms with Gasteiger partial charge in [-0.2, -0.15) is 0 Å². The van der Waals surface area contributed by atoms with E-state index in [1.807, 2.05) is 0 Å². The van der Waals surface area contributed by atoms with Gasteiger partial charge in [0.1, 0.15) is 4.88 Å². The molecule has 0 atom stereocenters. The zero-order valence-electron chi connectivity index (χ0n) is 11.4. The van der Waals surface area contributed by atoms with Crippen LogP contribution in [0.1, 0.15) is 9.67 Å². The molecular formula is C14H9F2NO5S. The number of nitrogens with one attached hydrogen (secondary N) is 1. The summed E-state index contributed by atoms with van der Waals surface area (Å²) < 4.78 is 39.1. The summed E-state index contributed by atoms with van der Waals surface area (Å²) in [6.45, 7) is -0.499. The molecule has 2 aromatic rings. The van der Waals surface area contributed by atoms with Gasteiger partial charge in [-0.1, -0.05) is 6.07 Å². The molecule has 6 nitrogen and oxygen atoms in total. The van der Waals surface area contributed by atoms with Crippen molar-refractivity contribution in [2.45, 2.75) is 6.29 Å². The lowest BCUT2D eigenvalue weighted by Gasteiger charge is -2.06. The van der Waals surface area contributed by atoms with Gasteiger partial charge in [0.2, 0.25) is 0 Å². The van der Waals surface area contributed by atoms with Crippen LogP contribution in [0.5, 0.6) is 11.5 Å². The van der Waals surface area contributed by atoms with Gasteiger partial charge in [0.15, 0.2) is 18.1 Å². The Morgan fingerprint density at radius 2 is 2.00 bits per heavy atom. The molecule has 1 aromatic heterocycles. The normalized spacial score (nSPS) is 14.3. The molecule has 2 heterocycles. The predicted octanol–water partition coefficient (Wildman–Crippen LogP) is 2.87. The summed E-state index contributed by atoms with van der Waals surface area (Å²) in [6, 6.07) is 7.05. The zero-order valence-corrected chi connectivity index (χ0v) is 12.2. The number of fused-ring (bicyclic) bond motifs is 1. The van der Waals surface area contributed by atoms with E-state index >= 15 is 0 Å². The molecule has 0 saturated carbocycles. The lowest BCUT2D eigenvalue weighted by molar-refractivity contribution is -0.286. The third-order valence-corrected chi connectivity index (χ3v) is 3.59. The van der Waals surface area contributed by atoms with Crippen LogP contribution in [0.25, 0.3) is 0 Å². The number of carbonyl (C=O) groups excluding carboxylic acids is 2. The second kappa shape index (κ2) is 5.84. The van der Waals surface area contributed by atoms with Crippen molar-refractivity contribution < 1.29 is 32.6 Å². The fourth-order valence-electron chi connectivity index (χ4n) is 1.82. The topological polar surface area (TPSA) is 73.9 Å². The Morgan fingerprint density at radius 3 is 2.74 bits per heavy atom. The average molecular weight is 341 g/mol. The molecule has 1 aliphatic heterocycles. The van der Waals surface area contributed by atoms with Crippen LogP contribution in [0.4, 0.5) is 14.5 Å². The number of halogens is 2. The van der Waals surface area contributed by atoms with E-state index < -0.39 is 24.8 Å². The third-order valence-electron chi connectivity index (χ3n) is 2.74. The Kier molecular flexibility index (Phi) is 3.87. The number of rotatable bonds is 4. The van der Waals surface area contributed by atoms with Crippen molar-refractivity contribution in [3.8, 4) is 11.5 Å². The number of carbonyl (C=O) groups is 2. The Balaban J connectivity index is 1.56. The number of ether oxygens (including phenoxy) is 3. The van der Waals surface area contributed by atoms with Crippen molar-refractivity contribution in [1.82, 2.24) is 0 Å². The number of benzene rings is 1. The molecule has 0 radical (unpaired) electrons. The lowest BCUT2D eigenvalue weighted by Crippen LogP contribution is -2.25. The van der Waals surface area contributed by atoms with Crippen LogP contribution in [0.15, 0.2) is 35.7 Å². The molecule has 0 bridgehead atoms. The molecule has 1 amide bonds. The lowest BCUT2D eigenvalue weighted by atomic mass is 10.3. The molecule has 1 aliphatic rings. The Hall–Kier alpha value is -2.68. The monoisotopic (exact) mass is 341 g/mol. The minimum Gasteiger partial charge on any atom is -0.451 e. The zero-order chi connectivity index (χ0) is 16.4. The highest BCUT2D eigenvalue weighted by molar-refractivity contribution is 7.11. The maximum absolute atomic E-state index is 12.9. The van der Waals surface area contributed by atoms with Gasteiger partial charge in [0, 0.05) is 11.8 Å². The highest BCUT2D eigenvalue weighted by atomic mass is 32.1. The number of esters is 1. The first-order valence-corrected chi connectivity index (χ1v) is 7.21. The van der Waals surface area contributed by atoms with Gasteiger partial charge in [-0.25, -0.2) is 4.79 Å². The fraction of sp³-hybridized carbons (Fsp3) is 0.143. The van der Waals surface area contributed by atoms with Crippen LogP contribution in [0.3, 0.4) is 0 Å². The second-order valence-corrected chi connectivity index (χ2v) is 5.38. The number of hydrogen-bond donors (Lipinski definition) is 1. The first-order chi connectivity index (χ1) is 10.9.